The van der Waals surface area contributed by atoms with Gasteiger partial charge in [0.05, 0.1) is 37.6 Å². The van der Waals surface area contributed by atoms with Gasteiger partial charge in [0.2, 0.25) is 0 Å². The third kappa shape index (κ3) is 3.20. The van der Waals surface area contributed by atoms with Crippen molar-refractivity contribution < 1.29 is 17.2 Å². The van der Waals surface area contributed by atoms with Crippen molar-refractivity contribution in [2.24, 2.45) is 0 Å². The Morgan fingerprint density at radius 3 is 2.37 bits per heavy atom. The molecule has 0 amide bonds. The minimum absolute atomic E-state index is 0.0653. The number of pyridine rings is 1. The van der Waals surface area contributed by atoms with Crippen LogP contribution in [0.2, 0.25) is 0 Å². The maximum Gasteiger partial charge on any atom is 0.276 e. The summed E-state index contributed by atoms with van der Waals surface area (Å²) in [6.07, 6.45) is 3.66. The fraction of sp³-hybridized carbons (Fsp3) is 0.438. The van der Waals surface area contributed by atoms with E-state index in [1.54, 1.807) is 13.1 Å². The molecule has 3 aromatic rings. The average molecular weight is 419 g/mol. The van der Waals surface area contributed by atoms with E-state index >= 15 is 0 Å². The number of oxazole rings is 1. The summed E-state index contributed by atoms with van der Waals surface area (Å²) in [5, 5.41) is -0.509. The molecule has 0 unspecified atom stereocenters. The third-order valence-corrected chi connectivity index (χ3v) is 7.09. The van der Waals surface area contributed by atoms with Crippen LogP contribution in [0.1, 0.15) is 35.8 Å². The van der Waals surface area contributed by atoms with Gasteiger partial charge in [0.15, 0.2) is 17.4 Å². The Balaban J connectivity index is 1.78. The molecule has 8 radical (unpaired) electrons. The second-order valence-electron chi connectivity index (χ2n) is 7.61. The largest absolute Gasteiger partial charge is 0.428 e. The lowest BCUT2D eigenvalue weighted by Crippen LogP contribution is -2.68. The van der Waals surface area contributed by atoms with E-state index in [-0.39, 0.29) is 24.4 Å². The Bertz CT molecular complexity index is 1220. The third-order valence-electron chi connectivity index (χ3n) is 5.23. The zero-order valence-electron chi connectivity index (χ0n) is 16.3. The Morgan fingerprint density at radius 1 is 1.17 bits per heavy atom. The van der Waals surface area contributed by atoms with Crippen molar-refractivity contribution >= 4 is 47.1 Å². The van der Waals surface area contributed by atoms with Gasteiger partial charge in [0, 0.05) is 13.1 Å². The fourth-order valence-corrected chi connectivity index (χ4v) is 5.71. The van der Waals surface area contributed by atoms with Crippen molar-refractivity contribution in [1.29, 1.82) is 0 Å². The van der Waals surface area contributed by atoms with Crippen molar-refractivity contribution in [3.63, 3.8) is 0 Å². The number of halogens is 1. The van der Waals surface area contributed by atoms with Crippen LogP contribution in [-0.4, -0.2) is 74.4 Å². The van der Waals surface area contributed by atoms with Crippen molar-refractivity contribution in [3.05, 3.63) is 41.6 Å². The lowest BCUT2D eigenvalue weighted by atomic mass is 9.46. The van der Waals surface area contributed by atoms with Gasteiger partial charge in [0.1, 0.15) is 6.33 Å². The predicted octanol–water partition coefficient (Wildman–Crippen LogP) is 0.0231. The van der Waals surface area contributed by atoms with E-state index in [9.17, 15) is 12.8 Å². The fourth-order valence-electron chi connectivity index (χ4n) is 4.07. The second kappa shape index (κ2) is 6.71. The summed E-state index contributed by atoms with van der Waals surface area (Å²) in [5.41, 5.74) is 0.864. The van der Waals surface area contributed by atoms with Gasteiger partial charge in [-0.05, 0) is 47.5 Å². The van der Waals surface area contributed by atoms with Gasteiger partial charge in [-0.15, -0.1) is 0 Å². The average Bonchev–Trinajstić information content (AvgIpc) is 3.24. The zero-order valence-corrected chi connectivity index (χ0v) is 17.1. The monoisotopic (exact) mass is 419 g/mol. The SMILES string of the molecule is [B]C1([B])CC(c2cn3ncnc3c(F)c2C)CC([B])([B])N1S(=O)(=O)c1cnc(C)o1. The Morgan fingerprint density at radius 2 is 1.80 bits per heavy atom. The minimum atomic E-state index is -4.40. The summed E-state index contributed by atoms with van der Waals surface area (Å²) >= 11 is 0. The van der Waals surface area contributed by atoms with E-state index in [2.05, 4.69) is 15.1 Å². The molecule has 4 rings (SSSR count). The van der Waals surface area contributed by atoms with Crippen LogP contribution in [0.15, 0.2) is 28.2 Å². The van der Waals surface area contributed by atoms with Gasteiger partial charge in [-0.25, -0.2) is 31.6 Å². The first-order valence-electron chi connectivity index (χ1n) is 8.96. The van der Waals surface area contributed by atoms with Gasteiger partial charge in [0.25, 0.3) is 15.1 Å². The molecule has 1 aliphatic rings. The molecule has 14 heteroatoms. The summed E-state index contributed by atoms with van der Waals surface area (Å²) in [4.78, 5) is 7.66. The molecule has 0 aromatic carbocycles. The molecule has 0 aliphatic carbocycles. The smallest absolute Gasteiger partial charge is 0.276 e. The van der Waals surface area contributed by atoms with Gasteiger partial charge in [-0.3, -0.25) is 0 Å². The highest BCUT2D eigenvalue weighted by molar-refractivity contribution is 7.89. The van der Waals surface area contributed by atoms with E-state index in [1.165, 1.54) is 17.8 Å². The quantitative estimate of drug-likeness (QED) is 0.557. The maximum atomic E-state index is 14.7. The first-order chi connectivity index (χ1) is 13.8. The van der Waals surface area contributed by atoms with Crippen LogP contribution in [0.3, 0.4) is 0 Å². The lowest BCUT2D eigenvalue weighted by molar-refractivity contribution is 0.203. The lowest BCUT2D eigenvalue weighted by Gasteiger charge is -2.55. The van der Waals surface area contributed by atoms with Crippen LogP contribution < -0.4 is 0 Å². The highest BCUT2D eigenvalue weighted by Gasteiger charge is 2.51. The van der Waals surface area contributed by atoms with Crippen LogP contribution in [0, 0.1) is 19.7 Å². The molecule has 4 heterocycles. The van der Waals surface area contributed by atoms with Gasteiger partial charge in [-0.2, -0.15) is 5.10 Å². The van der Waals surface area contributed by atoms with Crippen molar-refractivity contribution in [1.82, 2.24) is 23.9 Å². The van der Waals surface area contributed by atoms with Gasteiger partial charge < -0.3 is 4.42 Å². The molecule has 8 nitrogen and oxygen atoms in total. The molecule has 3 aromatic heterocycles. The number of hydrogen-bond acceptors (Lipinski definition) is 6. The molecule has 1 fully saturated rings. The summed E-state index contributed by atoms with van der Waals surface area (Å²) in [6.45, 7) is 3.06. The van der Waals surface area contributed by atoms with Crippen LogP contribution in [-0.2, 0) is 10.0 Å². The Hall–Kier alpha value is -2.07. The zero-order chi connectivity index (χ0) is 22.1. The highest BCUT2D eigenvalue weighted by atomic mass is 32.2. The van der Waals surface area contributed by atoms with Crippen LogP contribution >= 0.6 is 0 Å². The maximum absolute atomic E-state index is 14.7. The van der Waals surface area contributed by atoms with E-state index < -0.39 is 37.5 Å². The molecular weight excluding hydrogens is 405 g/mol. The summed E-state index contributed by atoms with van der Waals surface area (Å²) < 4.78 is 48.0. The summed E-state index contributed by atoms with van der Waals surface area (Å²) in [7, 11) is 20.4. The van der Waals surface area contributed by atoms with Crippen LogP contribution in [0.25, 0.3) is 5.65 Å². The molecule has 0 bridgehead atoms. The molecule has 146 valence electrons. The summed E-state index contributed by atoms with van der Waals surface area (Å²) in [6, 6.07) is 0. The number of rotatable bonds is 3. The van der Waals surface area contributed by atoms with E-state index in [0.29, 0.717) is 15.4 Å². The normalized spacial score (nSPS) is 20.0. The Labute approximate surface area is 178 Å². The first-order valence-corrected chi connectivity index (χ1v) is 10.4. The van der Waals surface area contributed by atoms with E-state index in [0.717, 1.165) is 6.20 Å². The summed E-state index contributed by atoms with van der Waals surface area (Å²) in [5.74, 6) is -0.979. The topological polar surface area (TPSA) is 93.6 Å². The number of fused-ring (bicyclic) bond motifs is 1. The molecule has 30 heavy (non-hydrogen) atoms. The van der Waals surface area contributed by atoms with Crippen molar-refractivity contribution in [2.45, 2.75) is 48.4 Å². The number of aromatic nitrogens is 4. The molecule has 0 N–H and O–H groups in total. The first kappa shape index (κ1) is 21.2. The molecule has 1 saturated heterocycles. The molecule has 0 atom stereocenters. The molecular formula is C16H14B4FN5O3S. The number of aryl methyl sites for hydroxylation is 1. The number of hydrogen-bond donors (Lipinski definition) is 0. The highest BCUT2D eigenvalue weighted by Crippen LogP contribution is 2.45. The van der Waals surface area contributed by atoms with Gasteiger partial charge >= 0.3 is 0 Å². The predicted molar refractivity (Wildman–Crippen MR) is 108 cm³/mol. The van der Waals surface area contributed by atoms with Crippen molar-refractivity contribution in [2.75, 3.05) is 0 Å². The van der Waals surface area contributed by atoms with E-state index in [4.69, 9.17) is 35.8 Å². The number of sulfonamides is 1. The number of nitrogens with zero attached hydrogens (tertiary/aromatic N) is 5. The Kier molecular flexibility index (Phi) is 4.74. The minimum Gasteiger partial charge on any atom is -0.428 e. The second-order valence-corrected chi connectivity index (χ2v) is 9.32. The number of piperidine rings is 1. The molecule has 0 spiro atoms. The standard InChI is InChI=1S/C16H14B4FN5O3S/c1-8-11(6-25-14(13(8)21)23-7-24-25)10-3-15(17,18)26(16(19,20)4-10)30(27,28)12-5-22-9(2)29-12/h5-7,10H,3-4H2,1-2H3. The van der Waals surface area contributed by atoms with Gasteiger partial charge in [-0.1, -0.05) is 0 Å². The van der Waals surface area contributed by atoms with Crippen LogP contribution in [0.4, 0.5) is 4.39 Å². The van der Waals surface area contributed by atoms with Crippen LogP contribution in [0.5, 0.6) is 0 Å². The van der Waals surface area contributed by atoms with E-state index in [1.807, 2.05) is 0 Å². The molecule has 1 aliphatic heterocycles. The van der Waals surface area contributed by atoms with Crippen molar-refractivity contribution in [3.8, 4) is 0 Å². The molecule has 0 saturated carbocycles.